The zero-order valence-electron chi connectivity index (χ0n) is 9.56. The molecule has 0 aromatic rings. The van der Waals surface area contributed by atoms with Crippen LogP contribution in [-0.4, -0.2) is 42.1 Å². The number of rotatable bonds is 2. The van der Waals surface area contributed by atoms with Crippen molar-refractivity contribution in [2.24, 2.45) is 0 Å². The molecule has 0 bridgehead atoms. The quantitative estimate of drug-likeness (QED) is 0.651. The molecular weight excluding hydrogens is 214 g/mol. The molecule has 0 saturated carbocycles. The van der Waals surface area contributed by atoms with Gasteiger partial charge in [-0.15, -0.1) is 0 Å². The van der Waals surface area contributed by atoms with E-state index in [1.807, 2.05) is 0 Å². The molecule has 16 heavy (non-hydrogen) atoms. The van der Waals surface area contributed by atoms with Crippen LogP contribution >= 0.6 is 0 Å². The van der Waals surface area contributed by atoms with Gasteiger partial charge < -0.3 is 9.47 Å². The van der Waals surface area contributed by atoms with Crippen LogP contribution in [-0.2, 0) is 19.1 Å². The summed E-state index contributed by atoms with van der Waals surface area (Å²) in [6.45, 7) is 3.34. The number of hydrogen-bond acceptors (Lipinski definition) is 5. The van der Waals surface area contributed by atoms with Crippen molar-refractivity contribution in [1.29, 1.82) is 0 Å². The van der Waals surface area contributed by atoms with Crippen molar-refractivity contribution in [3.8, 4) is 0 Å². The molecule has 1 aliphatic rings. The van der Waals surface area contributed by atoms with E-state index >= 15 is 0 Å². The van der Waals surface area contributed by atoms with Crippen LogP contribution in [0, 0.1) is 0 Å². The summed E-state index contributed by atoms with van der Waals surface area (Å²) in [4.78, 5) is 35.2. The largest absolute Gasteiger partial charge is 0.467 e. The molecule has 1 fully saturated rings. The molecule has 2 amide bonds. The van der Waals surface area contributed by atoms with Gasteiger partial charge in [-0.05, 0) is 20.3 Å². The minimum absolute atomic E-state index is 0.160. The lowest BCUT2D eigenvalue weighted by molar-refractivity contribution is -0.148. The molecule has 0 aromatic heterocycles. The van der Waals surface area contributed by atoms with E-state index in [1.54, 1.807) is 13.8 Å². The third-order valence-corrected chi connectivity index (χ3v) is 2.22. The van der Waals surface area contributed by atoms with Gasteiger partial charge in [0.2, 0.25) is 5.91 Å². The van der Waals surface area contributed by atoms with E-state index < -0.39 is 24.0 Å². The van der Waals surface area contributed by atoms with Crippen molar-refractivity contribution in [2.45, 2.75) is 38.8 Å². The number of carbonyl (C=O) groups excluding carboxylic acids is 3. The molecule has 0 aliphatic carbocycles. The van der Waals surface area contributed by atoms with Gasteiger partial charge in [0.15, 0.2) is 0 Å². The molecule has 0 spiro atoms. The zero-order chi connectivity index (χ0) is 12.3. The first kappa shape index (κ1) is 12.5. The number of methoxy groups -OCH3 is 1. The molecule has 1 saturated heterocycles. The maximum Gasteiger partial charge on any atom is 0.417 e. The van der Waals surface area contributed by atoms with Crippen molar-refractivity contribution < 1.29 is 23.9 Å². The highest BCUT2D eigenvalue weighted by atomic mass is 16.6. The normalized spacial score (nSPS) is 20.1. The second-order valence-electron chi connectivity index (χ2n) is 3.77. The predicted octanol–water partition coefficient (Wildman–Crippen LogP) is 0.695. The number of ether oxygens (including phenoxy) is 2. The van der Waals surface area contributed by atoms with E-state index in [1.165, 1.54) is 7.11 Å². The van der Waals surface area contributed by atoms with Gasteiger partial charge in [-0.25, -0.2) is 14.5 Å². The summed E-state index contributed by atoms with van der Waals surface area (Å²) in [7, 11) is 1.22. The van der Waals surface area contributed by atoms with Crippen LogP contribution in [0.25, 0.3) is 0 Å². The Labute approximate surface area is 93.5 Å². The molecule has 6 nitrogen and oxygen atoms in total. The van der Waals surface area contributed by atoms with E-state index in [9.17, 15) is 14.4 Å². The average Bonchev–Trinajstić information content (AvgIpc) is 2.58. The fourth-order valence-corrected chi connectivity index (χ4v) is 1.53. The van der Waals surface area contributed by atoms with Gasteiger partial charge in [-0.3, -0.25) is 4.79 Å². The van der Waals surface area contributed by atoms with Crippen LogP contribution in [0.5, 0.6) is 0 Å². The molecular formula is C10H15NO5. The summed E-state index contributed by atoms with van der Waals surface area (Å²) >= 11 is 0. The molecule has 0 unspecified atom stereocenters. The van der Waals surface area contributed by atoms with Gasteiger partial charge in [0, 0.05) is 6.42 Å². The average molecular weight is 229 g/mol. The van der Waals surface area contributed by atoms with Crippen LogP contribution in [0.1, 0.15) is 26.7 Å². The Hall–Kier alpha value is -1.59. The minimum Gasteiger partial charge on any atom is -0.467 e. The van der Waals surface area contributed by atoms with E-state index in [0.717, 1.165) is 4.90 Å². The summed E-state index contributed by atoms with van der Waals surface area (Å²) in [5.74, 6) is -0.993. The number of likely N-dealkylation sites (tertiary alicyclic amines) is 1. The smallest absolute Gasteiger partial charge is 0.417 e. The first-order valence-corrected chi connectivity index (χ1v) is 5.08. The second-order valence-corrected chi connectivity index (χ2v) is 3.77. The number of hydrogen-bond donors (Lipinski definition) is 0. The molecule has 1 heterocycles. The molecule has 1 atom stereocenters. The molecule has 6 heteroatoms. The van der Waals surface area contributed by atoms with Crippen LogP contribution in [0.2, 0.25) is 0 Å². The molecule has 0 N–H and O–H groups in total. The van der Waals surface area contributed by atoms with Crippen LogP contribution in [0.3, 0.4) is 0 Å². The topological polar surface area (TPSA) is 72.9 Å². The SMILES string of the molecule is COC(=O)[C@@H]1CCC(=O)N1C(=O)OC(C)C. The lowest BCUT2D eigenvalue weighted by atomic mass is 10.2. The first-order chi connectivity index (χ1) is 7.47. The standard InChI is InChI=1S/C10H15NO5/c1-6(2)16-10(14)11-7(9(13)15-3)4-5-8(11)12/h6-7H,4-5H2,1-3H3/t7-/m0/s1. The Balaban J connectivity index is 2.77. The highest BCUT2D eigenvalue weighted by Gasteiger charge is 2.42. The predicted molar refractivity (Wildman–Crippen MR) is 53.5 cm³/mol. The van der Waals surface area contributed by atoms with E-state index in [4.69, 9.17) is 4.74 Å². The fraction of sp³-hybridized carbons (Fsp3) is 0.700. The molecule has 1 rings (SSSR count). The Morgan fingerprint density at radius 1 is 1.44 bits per heavy atom. The Kier molecular flexibility index (Phi) is 3.87. The minimum atomic E-state index is -0.844. The number of carbonyl (C=O) groups is 3. The van der Waals surface area contributed by atoms with Crippen LogP contribution in [0.4, 0.5) is 4.79 Å². The van der Waals surface area contributed by atoms with Crippen molar-refractivity contribution in [3.05, 3.63) is 0 Å². The van der Waals surface area contributed by atoms with Crippen LogP contribution < -0.4 is 0 Å². The number of amides is 2. The van der Waals surface area contributed by atoms with Crippen LogP contribution in [0.15, 0.2) is 0 Å². The monoisotopic (exact) mass is 229 g/mol. The third kappa shape index (κ3) is 2.50. The summed E-state index contributed by atoms with van der Waals surface area (Å²) < 4.78 is 9.42. The van der Waals surface area contributed by atoms with Crippen molar-refractivity contribution in [3.63, 3.8) is 0 Å². The van der Waals surface area contributed by atoms with Gasteiger partial charge in [0.05, 0.1) is 13.2 Å². The van der Waals surface area contributed by atoms with Gasteiger partial charge in [-0.2, -0.15) is 0 Å². The fourth-order valence-electron chi connectivity index (χ4n) is 1.53. The summed E-state index contributed by atoms with van der Waals surface area (Å²) in [5.41, 5.74) is 0. The lowest BCUT2D eigenvalue weighted by Gasteiger charge is -2.21. The molecule has 1 aliphatic heterocycles. The molecule has 0 aromatic carbocycles. The van der Waals surface area contributed by atoms with Crippen molar-refractivity contribution in [1.82, 2.24) is 4.90 Å². The van der Waals surface area contributed by atoms with Gasteiger partial charge in [0.1, 0.15) is 6.04 Å². The number of nitrogens with zero attached hydrogens (tertiary/aromatic N) is 1. The molecule has 90 valence electrons. The van der Waals surface area contributed by atoms with Gasteiger partial charge in [-0.1, -0.05) is 0 Å². The summed E-state index contributed by atoms with van der Waals surface area (Å²) in [6, 6.07) is -0.844. The Morgan fingerprint density at radius 2 is 2.06 bits per heavy atom. The zero-order valence-corrected chi connectivity index (χ0v) is 9.56. The third-order valence-electron chi connectivity index (χ3n) is 2.22. The number of esters is 1. The highest BCUT2D eigenvalue weighted by molar-refractivity contribution is 5.99. The second kappa shape index (κ2) is 4.96. The maximum atomic E-state index is 11.6. The van der Waals surface area contributed by atoms with Crippen molar-refractivity contribution >= 4 is 18.0 Å². The summed E-state index contributed by atoms with van der Waals surface area (Å²) in [5, 5.41) is 0. The van der Waals surface area contributed by atoms with E-state index in [-0.39, 0.29) is 12.5 Å². The Bertz CT molecular complexity index is 312. The Morgan fingerprint density at radius 3 is 2.56 bits per heavy atom. The van der Waals surface area contributed by atoms with Gasteiger partial charge in [0.25, 0.3) is 0 Å². The first-order valence-electron chi connectivity index (χ1n) is 5.08. The van der Waals surface area contributed by atoms with E-state index in [2.05, 4.69) is 4.74 Å². The maximum absolute atomic E-state index is 11.6. The molecule has 0 radical (unpaired) electrons. The highest BCUT2D eigenvalue weighted by Crippen LogP contribution is 2.21. The number of imide groups is 1. The summed E-state index contributed by atoms with van der Waals surface area (Å²) in [6.07, 6.45) is -0.668. The van der Waals surface area contributed by atoms with Gasteiger partial charge >= 0.3 is 12.1 Å². The van der Waals surface area contributed by atoms with Crippen molar-refractivity contribution in [2.75, 3.05) is 7.11 Å². The lowest BCUT2D eigenvalue weighted by Crippen LogP contribution is -2.44. The van der Waals surface area contributed by atoms with E-state index in [0.29, 0.717) is 6.42 Å².